The van der Waals surface area contributed by atoms with Gasteiger partial charge >= 0.3 is 0 Å². The summed E-state index contributed by atoms with van der Waals surface area (Å²) in [6, 6.07) is 16.5. The molecule has 0 atom stereocenters. The van der Waals surface area contributed by atoms with Gasteiger partial charge in [-0.05, 0) is 31.5 Å². The van der Waals surface area contributed by atoms with Gasteiger partial charge < -0.3 is 5.32 Å². The zero-order valence-corrected chi connectivity index (χ0v) is 15.2. The zero-order valence-electron chi connectivity index (χ0n) is 15.2. The van der Waals surface area contributed by atoms with E-state index < -0.39 is 0 Å². The summed E-state index contributed by atoms with van der Waals surface area (Å²) >= 11 is 0. The van der Waals surface area contributed by atoms with E-state index in [9.17, 15) is 0 Å². The third kappa shape index (κ3) is 3.01. The lowest BCUT2D eigenvalue weighted by atomic mass is 10.1. The SMILES string of the molecule is CCCCCNc1nc2c(-c3cccc(C)c3)nnn2c2ccccc12. The van der Waals surface area contributed by atoms with Crippen LogP contribution >= 0.6 is 0 Å². The Morgan fingerprint density at radius 1 is 1.04 bits per heavy atom. The molecule has 0 aliphatic carbocycles. The molecule has 1 N–H and O–H groups in total. The molecule has 0 unspecified atom stereocenters. The number of nitrogens with zero attached hydrogens (tertiary/aromatic N) is 4. The highest BCUT2D eigenvalue weighted by atomic mass is 15.4. The summed E-state index contributed by atoms with van der Waals surface area (Å²) in [5.74, 6) is 0.903. The Hall–Kier alpha value is -2.95. The molecule has 2 aromatic carbocycles. The molecule has 0 saturated heterocycles. The number of nitrogens with one attached hydrogen (secondary N) is 1. The Bertz CT molecular complexity index is 1050. The average Bonchev–Trinajstić information content (AvgIpc) is 3.09. The van der Waals surface area contributed by atoms with E-state index in [0.717, 1.165) is 46.6 Å². The van der Waals surface area contributed by atoms with Crippen LogP contribution in [0.1, 0.15) is 31.7 Å². The van der Waals surface area contributed by atoms with Gasteiger partial charge in [0.2, 0.25) is 0 Å². The molecule has 5 nitrogen and oxygen atoms in total. The van der Waals surface area contributed by atoms with Gasteiger partial charge in [0.25, 0.3) is 0 Å². The number of aryl methyl sites for hydroxylation is 1. The maximum atomic E-state index is 4.89. The lowest BCUT2D eigenvalue weighted by Gasteiger charge is -2.10. The topological polar surface area (TPSA) is 55.1 Å². The summed E-state index contributed by atoms with van der Waals surface area (Å²) < 4.78 is 1.84. The van der Waals surface area contributed by atoms with Gasteiger partial charge in [-0.1, -0.05) is 60.9 Å². The molecule has 5 heteroatoms. The van der Waals surface area contributed by atoms with E-state index in [-0.39, 0.29) is 0 Å². The highest BCUT2D eigenvalue weighted by Crippen LogP contribution is 2.28. The van der Waals surface area contributed by atoms with Gasteiger partial charge in [-0.25, -0.2) is 4.98 Å². The molecule has 0 fully saturated rings. The van der Waals surface area contributed by atoms with Crippen LogP contribution in [0.25, 0.3) is 27.8 Å². The van der Waals surface area contributed by atoms with Crippen LogP contribution in [0.2, 0.25) is 0 Å². The van der Waals surface area contributed by atoms with Crippen LogP contribution in [0.15, 0.2) is 48.5 Å². The fraction of sp³-hybridized carbons (Fsp3) is 0.286. The second-order valence-corrected chi connectivity index (χ2v) is 6.65. The first-order valence-corrected chi connectivity index (χ1v) is 9.23. The van der Waals surface area contributed by atoms with Crippen molar-refractivity contribution in [3.05, 3.63) is 54.1 Å². The number of fused-ring (bicyclic) bond motifs is 3. The first kappa shape index (κ1) is 16.5. The fourth-order valence-corrected chi connectivity index (χ4v) is 3.26. The van der Waals surface area contributed by atoms with E-state index in [2.05, 4.69) is 59.8 Å². The lowest BCUT2D eigenvalue weighted by molar-refractivity contribution is 0.742. The number of hydrogen-bond donors (Lipinski definition) is 1. The molecule has 4 rings (SSSR count). The van der Waals surface area contributed by atoms with Gasteiger partial charge in [0.1, 0.15) is 11.5 Å². The minimum atomic E-state index is 0.785. The van der Waals surface area contributed by atoms with Gasteiger partial charge in [0, 0.05) is 17.5 Å². The molecular weight excluding hydrogens is 322 g/mol. The lowest BCUT2D eigenvalue weighted by Crippen LogP contribution is -2.06. The summed E-state index contributed by atoms with van der Waals surface area (Å²) in [4.78, 5) is 4.89. The monoisotopic (exact) mass is 345 g/mol. The average molecular weight is 345 g/mol. The van der Waals surface area contributed by atoms with Crippen LogP contribution < -0.4 is 5.32 Å². The largest absolute Gasteiger partial charge is 0.369 e. The number of para-hydroxylation sites is 1. The minimum Gasteiger partial charge on any atom is -0.369 e. The first-order chi connectivity index (χ1) is 12.8. The number of hydrogen-bond acceptors (Lipinski definition) is 4. The van der Waals surface area contributed by atoms with Crippen molar-refractivity contribution in [1.29, 1.82) is 0 Å². The number of aromatic nitrogens is 4. The van der Waals surface area contributed by atoms with Crippen molar-refractivity contribution in [2.24, 2.45) is 0 Å². The second-order valence-electron chi connectivity index (χ2n) is 6.65. The Kier molecular flexibility index (Phi) is 4.52. The van der Waals surface area contributed by atoms with E-state index in [1.54, 1.807) is 0 Å². The molecule has 0 bridgehead atoms. The van der Waals surface area contributed by atoms with Crippen LogP contribution in [-0.4, -0.2) is 26.4 Å². The molecule has 0 saturated carbocycles. The predicted octanol–water partition coefficient (Wildman–Crippen LogP) is 4.86. The van der Waals surface area contributed by atoms with Gasteiger partial charge in [-0.15, -0.1) is 5.10 Å². The summed E-state index contributed by atoms with van der Waals surface area (Å²) in [5.41, 5.74) is 4.85. The van der Waals surface area contributed by atoms with E-state index in [0.29, 0.717) is 0 Å². The number of anilines is 1. The van der Waals surface area contributed by atoms with Gasteiger partial charge in [0.05, 0.1) is 5.52 Å². The Morgan fingerprint density at radius 2 is 1.92 bits per heavy atom. The number of benzene rings is 2. The normalized spacial score (nSPS) is 11.3. The molecule has 2 aromatic heterocycles. The highest BCUT2D eigenvalue weighted by Gasteiger charge is 2.15. The van der Waals surface area contributed by atoms with Crippen LogP contribution in [-0.2, 0) is 0 Å². The predicted molar refractivity (Wildman–Crippen MR) is 106 cm³/mol. The zero-order chi connectivity index (χ0) is 17.9. The maximum absolute atomic E-state index is 4.89. The summed E-state index contributed by atoms with van der Waals surface area (Å²) in [6.45, 7) is 5.22. The molecule has 0 spiro atoms. The third-order valence-corrected chi connectivity index (χ3v) is 4.62. The quantitative estimate of drug-likeness (QED) is 0.507. The smallest absolute Gasteiger partial charge is 0.186 e. The van der Waals surface area contributed by atoms with Gasteiger partial charge in [-0.2, -0.15) is 4.52 Å². The molecule has 0 aliphatic heterocycles. The first-order valence-electron chi connectivity index (χ1n) is 9.23. The van der Waals surface area contributed by atoms with Crippen molar-refractivity contribution < 1.29 is 0 Å². The molecule has 26 heavy (non-hydrogen) atoms. The molecular formula is C21H23N5. The van der Waals surface area contributed by atoms with Crippen LogP contribution in [0, 0.1) is 6.92 Å². The van der Waals surface area contributed by atoms with Gasteiger partial charge in [-0.3, -0.25) is 0 Å². The van der Waals surface area contributed by atoms with E-state index in [4.69, 9.17) is 4.98 Å². The minimum absolute atomic E-state index is 0.785. The Balaban J connectivity index is 1.85. The molecule has 2 heterocycles. The summed E-state index contributed by atoms with van der Waals surface area (Å²) in [5, 5.41) is 13.4. The van der Waals surface area contributed by atoms with Crippen molar-refractivity contribution >= 4 is 22.4 Å². The number of rotatable bonds is 6. The van der Waals surface area contributed by atoms with Crippen LogP contribution in [0.5, 0.6) is 0 Å². The third-order valence-electron chi connectivity index (χ3n) is 4.62. The molecule has 4 aromatic rings. The van der Waals surface area contributed by atoms with E-state index in [1.165, 1.54) is 18.4 Å². The molecule has 132 valence electrons. The maximum Gasteiger partial charge on any atom is 0.186 e. The van der Waals surface area contributed by atoms with E-state index in [1.807, 2.05) is 22.7 Å². The Labute approximate surface area is 153 Å². The van der Waals surface area contributed by atoms with Crippen LogP contribution in [0.4, 0.5) is 5.82 Å². The summed E-state index contributed by atoms with van der Waals surface area (Å²) in [6.07, 6.45) is 3.56. The van der Waals surface area contributed by atoms with Crippen molar-refractivity contribution in [2.45, 2.75) is 33.1 Å². The molecule has 0 aliphatic rings. The van der Waals surface area contributed by atoms with Crippen molar-refractivity contribution in [2.75, 3.05) is 11.9 Å². The standard InChI is InChI=1S/C21H23N5/c1-3-4-7-13-22-20-17-11-5-6-12-18(17)26-21(23-20)19(24-25-26)16-10-8-9-15(2)14-16/h5-6,8-12,14H,3-4,7,13H2,1-2H3,(H,22,23). The number of unbranched alkanes of at least 4 members (excludes halogenated alkanes) is 2. The van der Waals surface area contributed by atoms with E-state index >= 15 is 0 Å². The Morgan fingerprint density at radius 3 is 2.77 bits per heavy atom. The van der Waals surface area contributed by atoms with Gasteiger partial charge in [0.15, 0.2) is 5.65 Å². The molecule has 0 amide bonds. The fourth-order valence-electron chi connectivity index (χ4n) is 3.26. The van der Waals surface area contributed by atoms with Crippen LogP contribution in [0.3, 0.4) is 0 Å². The molecule has 0 radical (unpaired) electrons. The van der Waals surface area contributed by atoms with Crippen molar-refractivity contribution in [3.8, 4) is 11.3 Å². The van der Waals surface area contributed by atoms with Crippen molar-refractivity contribution in [3.63, 3.8) is 0 Å². The van der Waals surface area contributed by atoms with Crippen molar-refractivity contribution in [1.82, 2.24) is 19.8 Å². The second kappa shape index (κ2) is 7.12. The highest BCUT2D eigenvalue weighted by molar-refractivity contribution is 5.93. The summed E-state index contributed by atoms with van der Waals surface area (Å²) in [7, 11) is 0.